The second-order valence-electron chi connectivity index (χ2n) is 4.62. The van der Waals surface area contributed by atoms with Crippen molar-refractivity contribution in [1.82, 2.24) is 4.90 Å². The molecule has 0 radical (unpaired) electrons. The van der Waals surface area contributed by atoms with Crippen molar-refractivity contribution in [3.63, 3.8) is 0 Å². The highest BCUT2D eigenvalue weighted by Crippen LogP contribution is 2.33. The molecule has 1 aliphatic heterocycles. The first-order chi connectivity index (χ1) is 8.60. The molecule has 1 N–H and O–H groups in total. The first kappa shape index (κ1) is 14.3. The number of phenols is 1. The van der Waals surface area contributed by atoms with Gasteiger partial charge in [0, 0.05) is 26.7 Å². The van der Waals surface area contributed by atoms with Gasteiger partial charge in [-0.25, -0.2) is 0 Å². The Balaban J connectivity index is 1.98. The van der Waals surface area contributed by atoms with Crippen molar-refractivity contribution >= 4 is 31.9 Å². The third-order valence-electron chi connectivity index (χ3n) is 3.35. The van der Waals surface area contributed by atoms with Crippen LogP contribution >= 0.6 is 31.9 Å². The van der Waals surface area contributed by atoms with E-state index in [0.29, 0.717) is 6.10 Å². The van der Waals surface area contributed by atoms with Gasteiger partial charge in [-0.1, -0.05) is 0 Å². The molecule has 0 spiro atoms. The van der Waals surface area contributed by atoms with Crippen LogP contribution < -0.4 is 0 Å². The fourth-order valence-corrected chi connectivity index (χ4v) is 3.55. The molecule has 0 amide bonds. The first-order valence-corrected chi connectivity index (χ1v) is 7.60. The van der Waals surface area contributed by atoms with Crippen LogP contribution in [0.4, 0.5) is 0 Å². The largest absolute Gasteiger partial charge is 0.506 e. The summed E-state index contributed by atoms with van der Waals surface area (Å²) in [7, 11) is 1.79. The number of methoxy groups -OCH3 is 1. The molecule has 0 bridgehead atoms. The molecule has 0 atom stereocenters. The molecule has 1 aromatic rings. The predicted molar refractivity (Wildman–Crippen MR) is 78.8 cm³/mol. The molecular formula is C13H17Br2NO2. The van der Waals surface area contributed by atoms with Gasteiger partial charge in [-0.3, -0.25) is 4.90 Å². The van der Waals surface area contributed by atoms with Crippen LogP contribution in [0.5, 0.6) is 5.75 Å². The molecule has 0 aliphatic carbocycles. The summed E-state index contributed by atoms with van der Waals surface area (Å²) in [6.45, 7) is 3.04. The number of likely N-dealkylation sites (tertiary alicyclic amines) is 1. The normalized spacial score (nSPS) is 18.2. The van der Waals surface area contributed by atoms with E-state index in [-0.39, 0.29) is 5.75 Å². The van der Waals surface area contributed by atoms with Gasteiger partial charge in [0.2, 0.25) is 0 Å². The van der Waals surface area contributed by atoms with Crippen molar-refractivity contribution in [1.29, 1.82) is 0 Å². The van der Waals surface area contributed by atoms with Crippen LogP contribution in [-0.2, 0) is 11.3 Å². The van der Waals surface area contributed by atoms with Gasteiger partial charge in [-0.15, -0.1) is 0 Å². The fraction of sp³-hybridized carbons (Fsp3) is 0.538. The van der Waals surface area contributed by atoms with Crippen LogP contribution in [0.1, 0.15) is 18.4 Å². The lowest BCUT2D eigenvalue weighted by molar-refractivity contribution is 0.0388. The van der Waals surface area contributed by atoms with Crippen molar-refractivity contribution < 1.29 is 9.84 Å². The van der Waals surface area contributed by atoms with E-state index < -0.39 is 0 Å². The summed E-state index contributed by atoms with van der Waals surface area (Å²) in [5.41, 5.74) is 1.20. The number of rotatable bonds is 3. The Morgan fingerprint density at radius 3 is 2.33 bits per heavy atom. The highest BCUT2D eigenvalue weighted by Gasteiger charge is 2.19. The Hall–Kier alpha value is -0.100. The SMILES string of the molecule is COC1CCN(Cc2cc(Br)c(O)c(Br)c2)CC1. The zero-order valence-corrected chi connectivity index (χ0v) is 13.5. The topological polar surface area (TPSA) is 32.7 Å². The number of hydrogen-bond donors (Lipinski definition) is 1. The van der Waals surface area contributed by atoms with Gasteiger partial charge in [0.15, 0.2) is 0 Å². The lowest BCUT2D eigenvalue weighted by Gasteiger charge is -2.31. The van der Waals surface area contributed by atoms with Gasteiger partial charge in [0.25, 0.3) is 0 Å². The minimum absolute atomic E-state index is 0.261. The molecule has 1 aliphatic rings. The molecule has 2 rings (SSSR count). The van der Waals surface area contributed by atoms with Crippen LogP contribution in [0.3, 0.4) is 0 Å². The quantitative estimate of drug-likeness (QED) is 0.873. The van der Waals surface area contributed by atoms with Gasteiger partial charge in [0.1, 0.15) is 5.75 Å². The molecule has 18 heavy (non-hydrogen) atoms. The van der Waals surface area contributed by atoms with Gasteiger partial charge in [-0.2, -0.15) is 0 Å². The lowest BCUT2D eigenvalue weighted by atomic mass is 10.1. The number of halogens is 2. The molecule has 100 valence electrons. The van der Waals surface area contributed by atoms with Gasteiger partial charge in [0.05, 0.1) is 15.0 Å². The van der Waals surface area contributed by atoms with E-state index in [4.69, 9.17) is 4.74 Å². The summed E-state index contributed by atoms with van der Waals surface area (Å²) in [4.78, 5) is 2.42. The average molecular weight is 379 g/mol. The molecule has 1 heterocycles. The zero-order chi connectivity index (χ0) is 13.1. The van der Waals surface area contributed by atoms with Crippen molar-refractivity contribution in [3.8, 4) is 5.75 Å². The zero-order valence-electron chi connectivity index (χ0n) is 10.3. The summed E-state index contributed by atoms with van der Waals surface area (Å²) in [5.74, 6) is 0.261. The highest BCUT2D eigenvalue weighted by atomic mass is 79.9. The molecular weight excluding hydrogens is 362 g/mol. The maximum absolute atomic E-state index is 9.68. The standard InChI is InChI=1S/C13H17Br2NO2/c1-18-10-2-4-16(5-3-10)8-9-6-11(14)13(17)12(15)7-9/h6-7,10,17H,2-5,8H2,1H3. The number of phenolic OH excluding ortho intramolecular Hbond substituents is 1. The van der Waals surface area contributed by atoms with E-state index in [1.807, 2.05) is 12.1 Å². The molecule has 1 aromatic carbocycles. The Morgan fingerprint density at radius 2 is 1.83 bits per heavy atom. The van der Waals surface area contributed by atoms with E-state index in [2.05, 4.69) is 36.8 Å². The maximum Gasteiger partial charge on any atom is 0.143 e. The summed E-state index contributed by atoms with van der Waals surface area (Å²) < 4.78 is 6.84. The molecule has 0 aromatic heterocycles. The number of ether oxygens (including phenoxy) is 1. The monoisotopic (exact) mass is 377 g/mol. The third kappa shape index (κ3) is 3.47. The van der Waals surface area contributed by atoms with Crippen molar-refractivity contribution in [2.45, 2.75) is 25.5 Å². The fourth-order valence-electron chi connectivity index (χ4n) is 2.27. The number of nitrogens with zero attached hydrogens (tertiary/aromatic N) is 1. The second-order valence-corrected chi connectivity index (χ2v) is 6.33. The molecule has 0 saturated carbocycles. The summed E-state index contributed by atoms with van der Waals surface area (Å²) in [5, 5.41) is 9.68. The van der Waals surface area contributed by atoms with Crippen molar-refractivity contribution in [3.05, 3.63) is 26.6 Å². The Kier molecular flexibility index (Phi) is 5.06. The predicted octanol–water partition coefficient (Wildman–Crippen LogP) is 3.53. The van der Waals surface area contributed by atoms with E-state index in [1.165, 1.54) is 5.56 Å². The average Bonchev–Trinajstić information content (AvgIpc) is 2.37. The van der Waals surface area contributed by atoms with Crippen LogP contribution in [0.15, 0.2) is 21.1 Å². The van der Waals surface area contributed by atoms with Gasteiger partial charge >= 0.3 is 0 Å². The lowest BCUT2D eigenvalue weighted by Crippen LogP contribution is -2.36. The van der Waals surface area contributed by atoms with E-state index in [0.717, 1.165) is 41.4 Å². The van der Waals surface area contributed by atoms with Crippen LogP contribution in [0, 0.1) is 0 Å². The first-order valence-electron chi connectivity index (χ1n) is 6.02. The van der Waals surface area contributed by atoms with E-state index >= 15 is 0 Å². The Morgan fingerprint density at radius 1 is 1.28 bits per heavy atom. The van der Waals surface area contributed by atoms with Crippen LogP contribution in [-0.4, -0.2) is 36.3 Å². The van der Waals surface area contributed by atoms with E-state index in [9.17, 15) is 5.11 Å². The third-order valence-corrected chi connectivity index (χ3v) is 4.56. The second kappa shape index (κ2) is 6.37. The van der Waals surface area contributed by atoms with Gasteiger partial charge in [-0.05, 0) is 62.4 Å². The van der Waals surface area contributed by atoms with Gasteiger partial charge < -0.3 is 9.84 Å². The molecule has 5 heteroatoms. The smallest absolute Gasteiger partial charge is 0.143 e. The minimum atomic E-state index is 0.261. The Bertz CT molecular complexity index is 394. The van der Waals surface area contributed by atoms with Crippen LogP contribution in [0.25, 0.3) is 0 Å². The van der Waals surface area contributed by atoms with Crippen LogP contribution in [0.2, 0.25) is 0 Å². The molecule has 3 nitrogen and oxygen atoms in total. The highest BCUT2D eigenvalue weighted by molar-refractivity contribution is 9.11. The van der Waals surface area contributed by atoms with E-state index in [1.54, 1.807) is 7.11 Å². The number of aromatic hydroxyl groups is 1. The molecule has 1 saturated heterocycles. The maximum atomic E-state index is 9.68. The summed E-state index contributed by atoms with van der Waals surface area (Å²) >= 11 is 6.73. The van der Waals surface area contributed by atoms with Crippen molar-refractivity contribution in [2.24, 2.45) is 0 Å². The molecule has 0 unspecified atom stereocenters. The molecule has 1 fully saturated rings. The number of piperidine rings is 1. The van der Waals surface area contributed by atoms with Crippen molar-refractivity contribution in [2.75, 3.05) is 20.2 Å². The minimum Gasteiger partial charge on any atom is -0.506 e. The number of benzene rings is 1. The summed E-state index contributed by atoms with van der Waals surface area (Å²) in [6.07, 6.45) is 2.60. The summed E-state index contributed by atoms with van der Waals surface area (Å²) in [6, 6.07) is 3.95. The Labute approximate surface area is 124 Å². The number of hydrogen-bond acceptors (Lipinski definition) is 3.